The number of ether oxygens (including phenoxy) is 3. The monoisotopic (exact) mass is 274 g/mol. The van der Waals surface area contributed by atoms with Crippen LogP contribution >= 0.6 is 0 Å². The zero-order valence-electron chi connectivity index (χ0n) is 10.9. The van der Waals surface area contributed by atoms with Crippen LogP contribution in [-0.2, 0) is 19.0 Å². The molecule has 0 saturated carbocycles. The zero-order valence-corrected chi connectivity index (χ0v) is 10.9. The summed E-state index contributed by atoms with van der Waals surface area (Å²) in [5.74, 6) is -0.810. The highest BCUT2D eigenvalue weighted by Gasteiger charge is 2.50. The first kappa shape index (κ1) is 12.9. The summed E-state index contributed by atoms with van der Waals surface area (Å²) in [4.78, 5) is 23.6. The Balaban J connectivity index is 1.69. The second-order valence-electron chi connectivity index (χ2n) is 4.76. The maximum Gasteiger partial charge on any atom is 0.338 e. The molecule has 20 heavy (non-hydrogen) atoms. The summed E-state index contributed by atoms with van der Waals surface area (Å²) >= 11 is 0. The normalized spacial score (nSPS) is 27.1. The molecule has 0 unspecified atom stereocenters. The van der Waals surface area contributed by atoms with E-state index < -0.39 is 18.0 Å². The molecule has 1 aliphatic carbocycles. The molecule has 3 atom stereocenters. The van der Waals surface area contributed by atoms with E-state index in [9.17, 15) is 9.59 Å². The molecule has 0 aromatic heterocycles. The lowest BCUT2D eigenvalue weighted by atomic mass is 9.97. The maximum absolute atomic E-state index is 12.0. The van der Waals surface area contributed by atoms with E-state index in [1.54, 1.807) is 30.3 Å². The number of epoxide rings is 1. The molecule has 1 fully saturated rings. The Labute approximate surface area is 116 Å². The Morgan fingerprint density at radius 1 is 1.20 bits per heavy atom. The van der Waals surface area contributed by atoms with Gasteiger partial charge in [-0.1, -0.05) is 18.2 Å². The lowest BCUT2D eigenvalue weighted by Gasteiger charge is -2.19. The van der Waals surface area contributed by atoms with E-state index in [1.165, 1.54) is 7.11 Å². The van der Waals surface area contributed by atoms with Gasteiger partial charge in [0.15, 0.2) is 0 Å². The molecule has 0 amide bonds. The fourth-order valence-electron chi connectivity index (χ4n) is 2.34. The summed E-state index contributed by atoms with van der Waals surface area (Å²) in [5.41, 5.74) is 0.982. The average Bonchev–Trinajstić information content (AvgIpc) is 3.27. The van der Waals surface area contributed by atoms with Crippen molar-refractivity contribution in [3.8, 4) is 0 Å². The van der Waals surface area contributed by atoms with E-state index in [0.717, 1.165) is 0 Å². The van der Waals surface area contributed by atoms with E-state index in [2.05, 4.69) is 0 Å². The molecule has 1 heterocycles. The number of carbonyl (C=O) groups excluding carboxylic acids is 2. The minimum atomic E-state index is -0.438. The molecular formula is C15H14O5. The van der Waals surface area contributed by atoms with E-state index >= 15 is 0 Å². The van der Waals surface area contributed by atoms with Gasteiger partial charge in [-0.05, 0) is 18.2 Å². The smallest absolute Gasteiger partial charge is 0.338 e. The van der Waals surface area contributed by atoms with E-state index in [-0.39, 0.29) is 12.2 Å². The van der Waals surface area contributed by atoms with Crippen LogP contribution in [0.1, 0.15) is 16.8 Å². The third kappa shape index (κ3) is 2.44. The Morgan fingerprint density at radius 2 is 1.95 bits per heavy atom. The summed E-state index contributed by atoms with van der Waals surface area (Å²) in [6.45, 7) is 0. The van der Waals surface area contributed by atoms with Crippen molar-refractivity contribution in [1.82, 2.24) is 0 Å². The molecule has 5 heteroatoms. The van der Waals surface area contributed by atoms with Gasteiger partial charge in [0.2, 0.25) is 0 Å². The van der Waals surface area contributed by atoms with Crippen molar-refractivity contribution in [1.29, 1.82) is 0 Å². The van der Waals surface area contributed by atoms with Gasteiger partial charge in [-0.15, -0.1) is 0 Å². The molecule has 3 rings (SSSR count). The molecule has 0 N–H and O–H groups in total. The summed E-state index contributed by atoms with van der Waals surface area (Å²) in [5, 5.41) is 0. The van der Waals surface area contributed by atoms with Crippen LogP contribution in [0, 0.1) is 0 Å². The minimum Gasteiger partial charge on any atom is -0.466 e. The second-order valence-corrected chi connectivity index (χ2v) is 4.76. The third-order valence-corrected chi connectivity index (χ3v) is 3.43. The van der Waals surface area contributed by atoms with Crippen molar-refractivity contribution in [3.05, 3.63) is 47.5 Å². The Kier molecular flexibility index (Phi) is 3.28. The van der Waals surface area contributed by atoms with E-state index in [4.69, 9.17) is 14.2 Å². The Morgan fingerprint density at radius 3 is 2.65 bits per heavy atom. The highest BCUT2D eigenvalue weighted by atomic mass is 16.6. The van der Waals surface area contributed by atoms with Crippen LogP contribution in [-0.4, -0.2) is 37.4 Å². The Hall–Kier alpha value is -2.14. The predicted octanol–water partition coefficient (Wildman–Crippen LogP) is 1.48. The van der Waals surface area contributed by atoms with Crippen LogP contribution in [0.2, 0.25) is 0 Å². The first-order valence-electron chi connectivity index (χ1n) is 6.39. The van der Waals surface area contributed by atoms with Crippen LogP contribution in [0.5, 0.6) is 0 Å². The summed E-state index contributed by atoms with van der Waals surface area (Å²) in [6.07, 6.45) is 1.34. The van der Waals surface area contributed by atoms with Gasteiger partial charge in [-0.2, -0.15) is 0 Å². The number of hydrogen-bond acceptors (Lipinski definition) is 5. The van der Waals surface area contributed by atoms with Crippen molar-refractivity contribution in [2.24, 2.45) is 0 Å². The molecule has 0 spiro atoms. The van der Waals surface area contributed by atoms with E-state index in [1.807, 2.05) is 6.07 Å². The Bertz CT molecular complexity index is 563. The van der Waals surface area contributed by atoms with Crippen molar-refractivity contribution in [3.63, 3.8) is 0 Å². The van der Waals surface area contributed by atoms with Crippen LogP contribution in [0.25, 0.3) is 0 Å². The molecule has 104 valence electrons. The summed E-state index contributed by atoms with van der Waals surface area (Å²) < 4.78 is 15.5. The van der Waals surface area contributed by atoms with Gasteiger partial charge in [-0.3, -0.25) is 0 Å². The molecule has 1 aromatic rings. The van der Waals surface area contributed by atoms with Crippen LogP contribution < -0.4 is 0 Å². The van der Waals surface area contributed by atoms with Gasteiger partial charge in [0.05, 0.1) is 12.7 Å². The first-order chi connectivity index (χ1) is 9.69. The quantitative estimate of drug-likeness (QED) is 0.617. The van der Waals surface area contributed by atoms with Crippen LogP contribution in [0.4, 0.5) is 0 Å². The number of fused-ring (bicyclic) bond motifs is 1. The van der Waals surface area contributed by atoms with Gasteiger partial charge in [0, 0.05) is 12.0 Å². The fraction of sp³-hybridized carbons (Fsp3) is 0.333. The van der Waals surface area contributed by atoms with Crippen molar-refractivity contribution in [2.45, 2.75) is 24.7 Å². The molecule has 1 saturated heterocycles. The molecule has 1 aliphatic heterocycles. The van der Waals surface area contributed by atoms with Crippen LogP contribution in [0.15, 0.2) is 42.0 Å². The van der Waals surface area contributed by atoms with Gasteiger partial charge < -0.3 is 14.2 Å². The molecule has 1 aromatic carbocycles. The lowest BCUT2D eigenvalue weighted by molar-refractivity contribution is -0.136. The maximum atomic E-state index is 12.0. The number of benzene rings is 1. The first-order valence-corrected chi connectivity index (χ1v) is 6.39. The van der Waals surface area contributed by atoms with Crippen molar-refractivity contribution < 1.29 is 23.8 Å². The molecule has 0 radical (unpaired) electrons. The van der Waals surface area contributed by atoms with Gasteiger partial charge >= 0.3 is 11.9 Å². The molecule has 2 aliphatic rings. The molecule has 0 bridgehead atoms. The predicted molar refractivity (Wildman–Crippen MR) is 69.0 cm³/mol. The summed E-state index contributed by atoms with van der Waals surface area (Å²) in [7, 11) is 1.33. The third-order valence-electron chi connectivity index (χ3n) is 3.43. The lowest BCUT2D eigenvalue weighted by Crippen LogP contribution is -2.30. The number of rotatable bonds is 3. The SMILES string of the molecule is COC(=O)C1=C[C@H]2O[C@H]2[C@H](OC(=O)c2ccccc2)C1. The summed E-state index contributed by atoms with van der Waals surface area (Å²) in [6, 6.07) is 8.75. The standard InChI is InChI=1S/C15H14O5/c1-18-14(16)10-7-11-13(19-11)12(8-10)20-15(17)9-5-3-2-4-6-9/h2-7,11-13H,8H2,1H3/t11-,12-,13-/m1/s1. The zero-order chi connectivity index (χ0) is 14.1. The average molecular weight is 274 g/mol. The van der Waals surface area contributed by atoms with Crippen molar-refractivity contribution >= 4 is 11.9 Å². The highest BCUT2D eigenvalue weighted by Crippen LogP contribution is 2.37. The van der Waals surface area contributed by atoms with Crippen molar-refractivity contribution in [2.75, 3.05) is 7.11 Å². The number of hydrogen-bond donors (Lipinski definition) is 0. The minimum absolute atomic E-state index is 0.143. The molecular weight excluding hydrogens is 260 g/mol. The van der Waals surface area contributed by atoms with E-state index in [0.29, 0.717) is 17.6 Å². The second kappa shape index (κ2) is 5.09. The largest absolute Gasteiger partial charge is 0.466 e. The van der Waals surface area contributed by atoms with Gasteiger partial charge in [-0.25, -0.2) is 9.59 Å². The van der Waals surface area contributed by atoms with Gasteiger partial charge in [0.25, 0.3) is 0 Å². The number of carbonyl (C=O) groups is 2. The molecule has 5 nitrogen and oxygen atoms in total. The van der Waals surface area contributed by atoms with Crippen LogP contribution in [0.3, 0.4) is 0 Å². The number of esters is 2. The number of methoxy groups -OCH3 is 1. The topological polar surface area (TPSA) is 65.1 Å². The fourth-order valence-corrected chi connectivity index (χ4v) is 2.34. The van der Waals surface area contributed by atoms with Gasteiger partial charge in [0.1, 0.15) is 18.3 Å². The highest BCUT2D eigenvalue weighted by molar-refractivity contribution is 5.90.